The van der Waals surface area contributed by atoms with Gasteiger partial charge in [0.05, 0.1) is 16.6 Å². The van der Waals surface area contributed by atoms with Gasteiger partial charge in [0.25, 0.3) is 5.91 Å². The minimum absolute atomic E-state index is 0.00313. The number of alkyl halides is 3. The lowest BCUT2D eigenvalue weighted by Gasteiger charge is -2.37. The average molecular weight is 704 g/mol. The van der Waals surface area contributed by atoms with Gasteiger partial charge in [-0.3, -0.25) is 30.0 Å². The number of halogens is 3. The Kier molecular flexibility index (Phi) is 9.71. The van der Waals surface area contributed by atoms with Crippen LogP contribution in [0.4, 0.5) is 35.3 Å². The van der Waals surface area contributed by atoms with E-state index >= 15 is 0 Å². The molecule has 2 saturated heterocycles. The first-order chi connectivity index (χ1) is 24.6. The number of rotatable bonds is 8. The van der Waals surface area contributed by atoms with Crippen LogP contribution in [0.25, 0.3) is 11.0 Å². The maximum atomic E-state index is 13.4. The van der Waals surface area contributed by atoms with Crippen molar-refractivity contribution in [3.8, 4) is 0 Å². The molecule has 4 aromatic rings. The van der Waals surface area contributed by atoms with Crippen molar-refractivity contribution in [3.05, 3.63) is 83.4 Å². The van der Waals surface area contributed by atoms with Crippen LogP contribution in [0, 0.1) is 5.92 Å². The molecule has 3 fully saturated rings. The van der Waals surface area contributed by atoms with Gasteiger partial charge >= 0.3 is 12.2 Å². The quantitative estimate of drug-likeness (QED) is 0.212. The van der Waals surface area contributed by atoms with Crippen molar-refractivity contribution in [2.45, 2.75) is 50.9 Å². The molecule has 51 heavy (non-hydrogen) atoms. The summed E-state index contributed by atoms with van der Waals surface area (Å²) in [4.78, 5) is 48.6. The van der Waals surface area contributed by atoms with Crippen LogP contribution in [0.15, 0.2) is 66.7 Å². The predicted molar refractivity (Wildman–Crippen MR) is 187 cm³/mol. The first-order valence-corrected chi connectivity index (χ1v) is 17.4. The number of nitrogens with one attached hydrogen (secondary N) is 2. The number of aromatic nitrogens is 2. The second-order valence-corrected chi connectivity index (χ2v) is 13.5. The van der Waals surface area contributed by atoms with Crippen LogP contribution in [0.3, 0.4) is 0 Å². The molecule has 1 aliphatic carbocycles. The molecule has 0 radical (unpaired) electrons. The van der Waals surface area contributed by atoms with Crippen LogP contribution >= 0.6 is 0 Å². The maximum Gasteiger partial charge on any atom is 0.416 e. The first-order valence-electron chi connectivity index (χ1n) is 17.4. The van der Waals surface area contributed by atoms with Gasteiger partial charge < -0.3 is 14.6 Å². The number of imidazole rings is 1. The lowest BCUT2D eigenvalue weighted by Crippen LogP contribution is -2.50. The number of carbonyl (C=O) groups excluding carboxylic acids is 3. The number of carbonyl (C=O) groups is 3. The smallest absolute Gasteiger partial charge is 0.396 e. The molecular weight excluding hydrogens is 663 g/mol. The molecule has 0 bridgehead atoms. The molecule has 14 heteroatoms. The summed E-state index contributed by atoms with van der Waals surface area (Å²) in [6.07, 6.45) is -1.13. The Hall–Kier alpha value is -4.95. The van der Waals surface area contributed by atoms with Crippen molar-refractivity contribution in [2.75, 3.05) is 54.4 Å². The molecule has 0 unspecified atom stereocenters. The number of amides is 4. The molecule has 0 atom stereocenters. The minimum atomic E-state index is -4.57. The third kappa shape index (κ3) is 7.42. The summed E-state index contributed by atoms with van der Waals surface area (Å²) in [6, 6.07) is 17.7. The van der Waals surface area contributed by atoms with Crippen LogP contribution in [0.5, 0.6) is 0 Å². The Balaban J connectivity index is 1.09. The van der Waals surface area contributed by atoms with Gasteiger partial charge in [-0.05, 0) is 79.6 Å². The Bertz CT molecular complexity index is 1930. The molecule has 4 amide bonds. The molecule has 3 heterocycles. The number of aliphatic hydroxyl groups excluding tert-OH is 1. The Morgan fingerprint density at radius 1 is 0.922 bits per heavy atom. The SMILES string of the molecule is O=C1CCN(c2ccccc2CN2CCN(c3ccc4c(c3)nc(NC(=O)c3cccc(C(F)(F)F)c3)n4C3CCC(CO)CC3)CC2)C(=O)N1. The van der Waals surface area contributed by atoms with Crippen molar-refractivity contribution in [1.82, 2.24) is 19.8 Å². The number of hydrogen-bond acceptors (Lipinski definition) is 7. The number of urea groups is 1. The van der Waals surface area contributed by atoms with Crippen molar-refractivity contribution >= 4 is 46.2 Å². The highest BCUT2D eigenvalue weighted by Gasteiger charge is 2.32. The van der Waals surface area contributed by atoms with Gasteiger partial charge in [0.1, 0.15) is 0 Å². The van der Waals surface area contributed by atoms with Crippen LogP contribution in [-0.2, 0) is 17.5 Å². The molecule has 0 spiro atoms. The summed E-state index contributed by atoms with van der Waals surface area (Å²) < 4.78 is 42.2. The largest absolute Gasteiger partial charge is 0.416 e. The standard InChI is InChI=1S/C37H40F3N7O4/c38-37(39,40)27-6-3-5-25(20-27)34(50)43-35-41-30-21-29(12-13-32(30)47(35)28-10-8-24(23-48)9-11-28)45-18-16-44(17-19-45)22-26-4-1-2-7-31(26)46-15-14-33(49)42-36(46)51/h1-7,12-13,20-21,24,28,48H,8-11,14-19,22-23H2,(H,41,43,50)(H,42,49,51). The molecule has 3 N–H and O–H groups in total. The summed E-state index contributed by atoms with van der Waals surface area (Å²) >= 11 is 0. The zero-order chi connectivity index (χ0) is 35.7. The lowest BCUT2D eigenvalue weighted by atomic mass is 9.86. The van der Waals surface area contributed by atoms with E-state index in [4.69, 9.17) is 4.98 Å². The maximum absolute atomic E-state index is 13.4. The summed E-state index contributed by atoms with van der Waals surface area (Å²) in [5.41, 5.74) is 3.27. The molecule has 1 aromatic heterocycles. The van der Waals surface area contributed by atoms with E-state index in [2.05, 4.69) is 20.4 Å². The minimum Gasteiger partial charge on any atom is -0.396 e. The van der Waals surface area contributed by atoms with Gasteiger partial charge in [-0.1, -0.05) is 24.3 Å². The van der Waals surface area contributed by atoms with Crippen molar-refractivity contribution in [3.63, 3.8) is 0 Å². The van der Waals surface area contributed by atoms with Crippen LogP contribution in [0.1, 0.15) is 59.6 Å². The number of hydrogen-bond donors (Lipinski definition) is 3. The highest BCUT2D eigenvalue weighted by atomic mass is 19.4. The summed E-state index contributed by atoms with van der Waals surface area (Å²) in [5, 5.41) is 14.9. The second kappa shape index (κ2) is 14.3. The van der Waals surface area contributed by atoms with Crippen LogP contribution in [-0.4, -0.2) is 76.7 Å². The van der Waals surface area contributed by atoms with Crippen LogP contribution in [0.2, 0.25) is 0 Å². The number of para-hydroxylation sites is 1. The van der Waals surface area contributed by atoms with E-state index in [1.165, 1.54) is 12.1 Å². The van der Waals surface area contributed by atoms with E-state index in [1.54, 1.807) is 4.90 Å². The molecule has 1 saturated carbocycles. The number of aliphatic hydroxyl groups is 1. The molecule has 11 nitrogen and oxygen atoms in total. The van der Waals surface area contributed by atoms with Crippen LogP contribution < -0.4 is 20.4 Å². The number of nitrogens with zero attached hydrogens (tertiary/aromatic N) is 5. The third-order valence-electron chi connectivity index (χ3n) is 10.3. The molecule has 2 aliphatic heterocycles. The van der Waals surface area contributed by atoms with Gasteiger partial charge in [0.15, 0.2) is 0 Å². The van der Waals surface area contributed by atoms with E-state index in [9.17, 15) is 32.7 Å². The first kappa shape index (κ1) is 34.5. The summed E-state index contributed by atoms with van der Waals surface area (Å²) in [6.45, 7) is 4.16. The zero-order valence-corrected chi connectivity index (χ0v) is 28.0. The number of benzene rings is 3. The van der Waals surface area contributed by atoms with Gasteiger partial charge in [0, 0.05) is 75.3 Å². The topological polar surface area (TPSA) is 123 Å². The third-order valence-corrected chi connectivity index (χ3v) is 10.3. The van der Waals surface area contributed by atoms with Gasteiger partial charge in [-0.15, -0.1) is 0 Å². The van der Waals surface area contributed by atoms with E-state index < -0.39 is 23.7 Å². The predicted octanol–water partition coefficient (Wildman–Crippen LogP) is 5.80. The fraction of sp³-hybridized carbons (Fsp3) is 0.405. The fourth-order valence-electron chi connectivity index (χ4n) is 7.44. The summed E-state index contributed by atoms with van der Waals surface area (Å²) in [7, 11) is 0. The van der Waals surface area contributed by atoms with E-state index in [0.29, 0.717) is 18.6 Å². The van der Waals surface area contributed by atoms with Gasteiger partial charge in [0.2, 0.25) is 11.9 Å². The van der Waals surface area contributed by atoms with E-state index in [1.807, 2.05) is 47.0 Å². The second-order valence-electron chi connectivity index (χ2n) is 13.5. The van der Waals surface area contributed by atoms with Gasteiger partial charge in [-0.2, -0.15) is 13.2 Å². The number of piperazine rings is 1. The summed E-state index contributed by atoms with van der Waals surface area (Å²) in [5.74, 6) is -0.440. The Morgan fingerprint density at radius 2 is 1.69 bits per heavy atom. The fourth-order valence-corrected chi connectivity index (χ4v) is 7.44. The molecular formula is C37H40F3N7O4. The molecule has 3 aliphatic rings. The van der Waals surface area contributed by atoms with E-state index in [-0.39, 0.29) is 42.4 Å². The Morgan fingerprint density at radius 3 is 2.41 bits per heavy atom. The highest BCUT2D eigenvalue weighted by molar-refractivity contribution is 6.06. The average Bonchev–Trinajstić information content (AvgIpc) is 3.49. The molecule has 3 aromatic carbocycles. The lowest BCUT2D eigenvalue weighted by molar-refractivity contribution is -0.137. The van der Waals surface area contributed by atoms with Crippen molar-refractivity contribution in [1.29, 1.82) is 0 Å². The Labute approximate surface area is 293 Å². The number of imide groups is 1. The van der Waals surface area contributed by atoms with Gasteiger partial charge in [-0.25, -0.2) is 9.78 Å². The normalized spacial score (nSPS) is 20.5. The number of anilines is 3. The van der Waals surface area contributed by atoms with Crippen molar-refractivity contribution in [2.24, 2.45) is 5.92 Å². The zero-order valence-electron chi connectivity index (χ0n) is 28.0. The van der Waals surface area contributed by atoms with E-state index in [0.717, 1.165) is 86.4 Å². The monoisotopic (exact) mass is 703 g/mol. The molecule has 7 rings (SSSR count). The highest BCUT2D eigenvalue weighted by Crippen LogP contribution is 2.38. The number of fused-ring (bicyclic) bond motifs is 1. The molecule has 268 valence electrons. The van der Waals surface area contributed by atoms with Crippen molar-refractivity contribution < 1.29 is 32.7 Å².